The van der Waals surface area contributed by atoms with Crippen molar-refractivity contribution < 1.29 is 19.0 Å². The number of para-hydroxylation sites is 1. The third-order valence-corrected chi connectivity index (χ3v) is 4.04. The molecule has 23 heavy (non-hydrogen) atoms. The van der Waals surface area contributed by atoms with Crippen molar-refractivity contribution >= 4 is 17.2 Å². The fraction of sp³-hybridized carbons (Fsp3) is 0.375. The standard InChI is InChI=1S/C16H20N2O4S/c1-10(8-20-2)17-15(19)12-9-23-16(18-12)11-6-5-7-13(21-3)14(11)22-4/h5-7,9-10H,8H2,1-4H3,(H,17,19)/t10-/m0/s1. The summed E-state index contributed by atoms with van der Waals surface area (Å²) in [5, 5.41) is 5.26. The van der Waals surface area contributed by atoms with Crippen LogP contribution in [0.4, 0.5) is 0 Å². The van der Waals surface area contributed by atoms with Gasteiger partial charge in [-0.05, 0) is 19.1 Å². The Morgan fingerprint density at radius 1 is 1.30 bits per heavy atom. The first-order chi connectivity index (χ1) is 11.1. The molecule has 0 radical (unpaired) electrons. The molecule has 6 nitrogen and oxygen atoms in total. The number of hydrogen-bond acceptors (Lipinski definition) is 6. The van der Waals surface area contributed by atoms with E-state index in [0.717, 1.165) is 5.56 Å². The van der Waals surface area contributed by atoms with Gasteiger partial charge in [0.1, 0.15) is 10.7 Å². The Labute approximate surface area is 139 Å². The number of thiazole rings is 1. The van der Waals surface area contributed by atoms with E-state index in [0.29, 0.717) is 28.8 Å². The molecule has 0 saturated heterocycles. The van der Waals surface area contributed by atoms with Crippen LogP contribution in [0.5, 0.6) is 11.5 Å². The molecule has 1 aromatic carbocycles. The molecule has 1 heterocycles. The molecule has 0 unspecified atom stereocenters. The van der Waals surface area contributed by atoms with E-state index in [2.05, 4.69) is 10.3 Å². The van der Waals surface area contributed by atoms with Gasteiger partial charge in [0.15, 0.2) is 11.5 Å². The fourth-order valence-electron chi connectivity index (χ4n) is 2.15. The largest absolute Gasteiger partial charge is 0.493 e. The van der Waals surface area contributed by atoms with Crippen LogP contribution in [0.1, 0.15) is 17.4 Å². The molecule has 0 saturated carbocycles. The van der Waals surface area contributed by atoms with Gasteiger partial charge in [0.2, 0.25) is 0 Å². The summed E-state index contributed by atoms with van der Waals surface area (Å²) in [6, 6.07) is 5.48. The van der Waals surface area contributed by atoms with E-state index >= 15 is 0 Å². The minimum atomic E-state index is -0.223. The predicted molar refractivity (Wildman–Crippen MR) is 89.5 cm³/mol. The van der Waals surface area contributed by atoms with Crippen LogP contribution in [0.25, 0.3) is 10.6 Å². The fourth-order valence-corrected chi connectivity index (χ4v) is 2.97. The van der Waals surface area contributed by atoms with E-state index in [1.807, 2.05) is 25.1 Å². The molecule has 1 N–H and O–H groups in total. The summed E-state index contributed by atoms with van der Waals surface area (Å²) in [6.45, 7) is 2.33. The van der Waals surface area contributed by atoms with Crippen LogP contribution in [0.15, 0.2) is 23.6 Å². The second-order valence-corrected chi connectivity index (χ2v) is 5.77. The molecule has 124 valence electrons. The Hall–Kier alpha value is -2.12. The highest BCUT2D eigenvalue weighted by Gasteiger charge is 2.18. The normalized spacial score (nSPS) is 11.8. The molecule has 0 aliphatic carbocycles. The number of ether oxygens (including phenoxy) is 3. The van der Waals surface area contributed by atoms with Crippen molar-refractivity contribution in [2.24, 2.45) is 0 Å². The monoisotopic (exact) mass is 336 g/mol. The van der Waals surface area contributed by atoms with Crippen LogP contribution in [0.2, 0.25) is 0 Å². The van der Waals surface area contributed by atoms with Gasteiger partial charge in [0.25, 0.3) is 5.91 Å². The molecule has 0 aliphatic heterocycles. The molecule has 1 amide bonds. The molecule has 0 fully saturated rings. The van der Waals surface area contributed by atoms with E-state index in [-0.39, 0.29) is 11.9 Å². The summed E-state index contributed by atoms with van der Waals surface area (Å²) in [4.78, 5) is 16.6. The van der Waals surface area contributed by atoms with Gasteiger partial charge in [0.05, 0.1) is 26.4 Å². The summed E-state index contributed by atoms with van der Waals surface area (Å²) >= 11 is 1.38. The number of carbonyl (C=O) groups excluding carboxylic acids is 1. The number of amides is 1. The molecular formula is C16H20N2O4S. The van der Waals surface area contributed by atoms with Gasteiger partial charge in [-0.25, -0.2) is 4.98 Å². The number of nitrogens with one attached hydrogen (secondary N) is 1. The van der Waals surface area contributed by atoms with Crippen LogP contribution in [-0.4, -0.2) is 44.9 Å². The average molecular weight is 336 g/mol. The van der Waals surface area contributed by atoms with E-state index in [1.54, 1.807) is 26.7 Å². The van der Waals surface area contributed by atoms with Gasteiger partial charge >= 0.3 is 0 Å². The lowest BCUT2D eigenvalue weighted by atomic mass is 10.2. The maximum absolute atomic E-state index is 12.2. The van der Waals surface area contributed by atoms with Crippen molar-refractivity contribution in [1.29, 1.82) is 0 Å². The third kappa shape index (κ3) is 4.00. The predicted octanol–water partition coefficient (Wildman–Crippen LogP) is 2.59. The molecule has 0 spiro atoms. The Kier molecular flexibility index (Phi) is 5.95. The highest BCUT2D eigenvalue weighted by atomic mass is 32.1. The van der Waals surface area contributed by atoms with Gasteiger partial charge in [-0.2, -0.15) is 0 Å². The number of aromatic nitrogens is 1. The van der Waals surface area contributed by atoms with E-state index in [9.17, 15) is 4.79 Å². The first-order valence-electron chi connectivity index (χ1n) is 7.07. The Balaban J connectivity index is 2.24. The molecule has 1 atom stereocenters. The quantitative estimate of drug-likeness (QED) is 0.841. The van der Waals surface area contributed by atoms with Gasteiger partial charge in [-0.3, -0.25) is 4.79 Å². The van der Waals surface area contributed by atoms with Gasteiger partial charge in [-0.1, -0.05) is 6.07 Å². The first kappa shape index (κ1) is 17.2. The SMILES string of the molecule is COC[C@H](C)NC(=O)c1csc(-c2cccc(OC)c2OC)n1. The number of hydrogen-bond donors (Lipinski definition) is 1. The summed E-state index contributed by atoms with van der Waals surface area (Å²) < 4.78 is 15.7. The lowest BCUT2D eigenvalue weighted by Crippen LogP contribution is -2.35. The molecule has 1 aromatic heterocycles. The van der Waals surface area contributed by atoms with Crippen LogP contribution in [-0.2, 0) is 4.74 Å². The summed E-state index contributed by atoms with van der Waals surface area (Å²) in [5.41, 5.74) is 1.17. The van der Waals surface area contributed by atoms with Gasteiger partial charge in [-0.15, -0.1) is 11.3 Å². The van der Waals surface area contributed by atoms with Crippen LogP contribution >= 0.6 is 11.3 Å². The Morgan fingerprint density at radius 2 is 2.09 bits per heavy atom. The van der Waals surface area contributed by atoms with Gasteiger partial charge in [0, 0.05) is 18.5 Å². The smallest absolute Gasteiger partial charge is 0.271 e. The molecule has 0 aliphatic rings. The number of carbonyl (C=O) groups is 1. The Bertz CT molecular complexity index is 672. The highest BCUT2D eigenvalue weighted by molar-refractivity contribution is 7.13. The molecular weight excluding hydrogens is 316 g/mol. The van der Waals surface area contributed by atoms with Crippen LogP contribution in [0.3, 0.4) is 0 Å². The summed E-state index contributed by atoms with van der Waals surface area (Å²) in [6.07, 6.45) is 0. The molecule has 0 bridgehead atoms. The number of benzene rings is 1. The van der Waals surface area contributed by atoms with Crippen molar-refractivity contribution in [3.05, 3.63) is 29.3 Å². The lowest BCUT2D eigenvalue weighted by Gasteiger charge is -2.11. The minimum absolute atomic E-state index is 0.0796. The third-order valence-electron chi connectivity index (χ3n) is 3.16. The number of methoxy groups -OCH3 is 3. The molecule has 2 rings (SSSR count). The van der Waals surface area contributed by atoms with Crippen molar-refractivity contribution in [3.8, 4) is 22.1 Å². The van der Waals surface area contributed by atoms with E-state index in [1.165, 1.54) is 11.3 Å². The average Bonchev–Trinajstić information content (AvgIpc) is 3.04. The summed E-state index contributed by atoms with van der Waals surface area (Å²) in [5.74, 6) is 1.00. The molecule has 7 heteroatoms. The summed E-state index contributed by atoms with van der Waals surface area (Å²) in [7, 11) is 4.76. The first-order valence-corrected chi connectivity index (χ1v) is 7.95. The lowest BCUT2D eigenvalue weighted by molar-refractivity contribution is 0.0901. The zero-order valence-electron chi connectivity index (χ0n) is 13.6. The number of nitrogens with zero attached hydrogens (tertiary/aromatic N) is 1. The van der Waals surface area contributed by atoms with E-state index < -0.39 is 0 Å². The zero-order chi connectivity index (χ0) is 16.8. The molecule has 2 aromatic rings. The van der Waals surface area contributed by atoms with E-state index in [4.69, 9.17) is 14.2 Å². The second-order valence-electron chi connectivity index (χ2n) is 4.91. The van der Waals surface area contributed by atoms with Crippen molar-refractivity contribution in [1.82, 2.24) is 10.3 Å². The highest BCUT2D eigenvalue weighted by Crippen LogP contribution is 2.38. The van der Waals surface area contributed by atoms with Crippen molar-refractivity contribution in [2.45, 2.75) is 13.0 Å². The van der Waals surface area contributed by atoms with Crippen molar-refractivity contribution in [3.63, 3.8) is 0 Å². The second kappa shape index (κ2) is 7.94. The maximum Gasteiger partial charge on any atom is 0.271 e. The Morgan fingerprint density at radius 3 is 2.74 bits per heavy atom. The zero-order valence-corrected chi connectivity index (χ0v) is 14.4. The van der Waals surface area contributed by atoms with Crippen LogP contribution < -0.4 is 14.8 Å². The van der Waals surface area contributed by atoms with Crippen LogP contribution in [0, 0.1) is 0 Å². The van der Waals surface area contributed by atoms with Crippen molar-refractivity contribution in [2.75, 3.05) is 27.9 Å². The minimum Gasteiger partial charge on any atom is -0.493 e. The van der Waals surface area contributed by atoms with Gasteiger partial charge < -0.3 is 19.5 Å². The maximum atomic E-state index is 12.2. The number of rotatable bonds is 7. The topological polar surface area (TPSA) is 69.7 Å².